The molecule has 28 heavy (non-hydrogen) atoms. The molecule has 0 radical (unpaired) electrons. The third kappa shape index (κ3) is 3.85. The zero-order chi connectivity index (χ0) is 20.1. The van der Waals surface area contributed by atoms with Crippen LogP contribution < -0.4 is 5.43 Å². The Bertz CT molecular complexity index is 1050. The number of halogens is 1. The fourth-order valence-electron chi connectivity index (χ4n) is 2.49. The molecule has 0 fully saturated rings. The number of rotatable bonds is 6. The highest BCUT2D eigenvalue weighted by atomic mass is 19.1. The lowest BCUT2D eigenvalue weighted by Gasteiger charge is -2.10. The number of aromatic nitrogens is 2. The second-order valence-corrected chi connectivity index (χ2v) is 5.45. The first-order valence-electron chi connectivity index (χ1n) is 7.95. The van der Waals surface area contributed by atoms with Crippen LogP contribution in [-0.2, 0) is 4.74 Å². The molecule has 0 aliphatic carbocycles. The van der Waals surface area contributed by atoms with E-state index in [1.165, 1.54) is 66.6 Å². The summed E-state index contributed by atoms with van der Waals surface area (Å²) in [6.07, 6.45) is 2.75. The summed E-state index contributed by atoms with van der Waals surface area (Å²) in [5.41, 5.74) is 3.45. The molecule has 1 N–H and O–H groups in total. The second kappa shape index (κ2) is 8.08. The van der Waals surface area contributed by atoms with Gasteiger partial charge < -0.3 is 9.30 Å². The van der Waals surface area contributed by atoms with Crippen molar-refractivity contribution in [3.8, 4) is 5.69 Å². The summed E-state index contributed by atoms with van der Waals surface area (Å²) < 4.78 is 19.5. The van der Waals surface area contributed by atoms with Gasteiger partial charge in [0.25, 0.3) is 0 Å². The predicted octanol–water partition coefficient (Wildman–Crippen LogP) is 3.15. The number of hydrazone groups is 1. The fourth-order valence-corrected chi connectivity index (χ4v) is 2.49. The van der Waals surface area contributed by atoms with Crippen molar-refractivity contribution < 1.29 is 18.8 Å². The molecular formula is C18H14FN5O4. The SMILES string of the molecule is COC(=O)c1ccc(/C=N\Nc2ncccc2[N+](=O)[O-])n1-c1ccc(F)cc1. The first-order valence-corrected chi connectivity index (χ1v) is 7.95. The summed E-state index contributed by atoms with van der Waals surface area (Å²) in [6.45, 7) is 0. The molecule has 1 aromatic carbocycles. The third-order valence-corrected chi connectivity index (χ3v) is 3.74. The second-order valence-electron chi connectivity index (χ2n) is 5.45. The van der Waals surface area contributed by atoms with Gasteiger partial charge in [-0.05, 0) is 42.5 Å². The van der Waals surface area contributed by atoms with Crippen LogP contribution in [0.4, 0.5) is 15.9 Å². The Morgan fingerprint density at radius 2 is 2.04 bits per heavy atom. The minimum absolute atomic E-state index is 0.0307. The van der Waals surface area contributed by atoms with Crippen molar-refractivity contribution in [3.05, 3.63) is 82.0 Å². The van der Waals surface area contributed by atoms with E-state index in [4.69, 9.17) is 4.74 Å². The highest BCUT2D eigenvalue weighted by molar-refractivity contribution is 5.91. The number of esters is 1. The Morgan fingerprint density at radius 1 is 1.29 bits per heavy atom. The van der Waals surface area contributed by atoms with Gasteiger partial charge in [-0.3, -0.25) is 15.5 Å². The molecule has 3 aromatic rings. The van der Waals surface area contributed by atoms with Crippen LogP contribution >= 0.6 is 0 Å². The average molecular weight is 383 g/mol. The van der Waals surface area contributed by atoms with Crippen molar-refractivity contribution >= 4 is 23.7 Å². The molecule has 0 bridgehead atoms. The highest BCUT2D eigenvalue weighted by Crippen LogP contribution is 2.21. The van der Waals surface area contributed by atoms with Crippen molar-refractivity contribution in [3.63, 3.8) is 0 Å². The van der Waals surface area contributed by atoms with Crippen LogP contribution in [0.5, 0.6) is 0 Å². The van der Waals surface area contributed by atoms with Gasteiger partial charge >= 0.3 is 11.7 Å². The Morgan fingerprint density at radius 3 is 2.71 bits per heavy atom. The molecule has 0 saturated heterocycles. The van der Waals surface area contributed by atoms with Crippen molar-refractivity contribution in [1.82, 2.24) is 9.55 Å². The molecule has 0 unspecified atom stereocenters. The van der Waals surface area contributed by atoms with Crippen molar-refractivity contribution in [2.45, 2.75) is 0 Å². The molecule has 2 heterocycles. The monoisotopic (exact) mass is 383 g/mol. The van der Waals surface area contributed by atoms with Crippen LogP contribution in [-0.4, -0.2) is 33.8 Å². The molecule has 3 rings (SSSR count). The Labute approximate surface area is 158 Å². The first kappa shape index (κ1) is 18.7. The number of carbonyl (C=O) groups is 1. The van der Waals surface area contributed by atoms with Gasteiger partial charge in [0, 0.05) is 18.0 Å². The number of carbonyl (C=O) groups excluding carboxylic acids is 1. The van der Waals surface area contributed by atoms with Gasteiger partial charge in [-0.25, -0.2) is 14.2 Å². The van der Waals surface area contributed by atoms with Gasteiger partial charge in [0.2, 0.25) is 5.82 Å². The zero-order valence-electron chi connectivity index (χ0n) is 14.6. The van der Waals surface area contributed by atoms with Gasteiger partial charge in [0.15, 0.2) is 0 Å². The van der Waals surface area contributed by atoms with Gasteiger partial charge in [-0.15, -0.1) is 0 Å². The number of nitro groups is 1. The molecule has 0 aliphatic heterocycles. The van der Waals surface area contributed by atoms with Gasteiger partial charge in [0.1, 0.15) is 11.5 Å². The molecule has 0 aliphatic rings. The third-order valence-electron chi connectivity index (χ3n) is 3.74. The lowest BCUT2D eigenvalue weighted by atomic mass is 10.3. The zero-order valence-corrected chi connectivity index (χ0v) is 14.6. The van der Waals surface area contributed by atoms with Crippen molar-refractivity contribution in [2.24, 2.45) is 5.10 Å². The molecule has 2 aromatic heterocycles. The van der Waals surface area contributed by atoms with E-state index >= 15 is 0 Å². The number of nitrogens with one attached hydrogen (secondary N) is 1. The minimum Gasteiger partial charge on any atom is -0.464 e. The molecule has 0 spiro atoms. The number of methoxy groups -OCH3 is 1. The summed E-state index contributed by atoms with van der Waals surface area (Å²) in [5, 5.41) is 15.0. The quantitative estimate of drug-likeness (QED) is 0.303. The predicted molar refractivity (Wildman–Crippen MR) is 99.2 cm³/mol. The highest BCUT2D eigenvalue weighted by Gasteiger charge is 2.17. The summed E-state index contributed by atoms with van der Waals surface area (Å²) in [7, 11) is 1.25. The maximum absolute atomic E-state index is 13.2. The standard InChI is InChI=1S/C18H14FN5O4/c1-28-18(25)16-9-8-14(23(16)13-6-4-12(19)5-7-13)11-21-22-17-15(24(26)27)3-2-10-20-17/h2-11H,1H3,(H,20,22)/b21-11-. The van der Waals surface area contributed by atoms with Crippen LogP contribution in [0.15, 0.2) is 59.8 Å². The first-order chi connectivity index (χ1) is 13.5. The lowest BCUT2D eigenvalue weighted by Crippen LogP contribution is -2.11. The van der Waals surface area contributed by atoms with E-state index in [1.807, 2.05) is 0 Å². The van der Waals surface area contributed by atoms with E-state index in [9.17, 15) is 19.3 Å². The number of hydrogen-bond donors (Lipinski definition) is 1. The van der Waals surface area contributed by atoms with Crippen LogP contribution in [0.1, 0.15) is 16.2 Å². The number of anilines is 1. The molecule has 0 saturated carbocycles. The van der Waals surface area contributed by atoms with Crippen LogP contribution in [0.2, 0.25) is 0 Å². The smallest absolute Gasteiger partial charge is 0.355 e. The van der Waals surface area contributed by atoms with Crippen LogP contribution in [0.25, 0.3) is 5.69 Å². The molecule has 0 amide bonds. The normalized spacial score (nSPS) is 10.8. The van der Waals surface area contributed by atoms with Crippen molar-refractivity contribution in [2.75, 3.05) is 12.5 Å². The number of hydrogen-bond acceptors (Lipinski definition) is 7. The molecule has 0 atom stereocenters. The Kier molecular flexibility index (Phi) is 5.40. The largest absolute Gasteiger partial charge is 0.464 e. The maximum atomic E-state index is 13.2. The molecular weight excluding hydrogens is 369 g/mol. The number of nitrogens with zero attached hydrogens (tertiary/aromatic N) is 4. The Balaban J connectivity index is 1.95. The van der Waals surface area contributed by atoms with Gasteiger partial charge in [-0.1, -0.05) is 0 Å². The van der Waals surface area contributed by atoms with E-state index < -0.39 is 16.7 Å². The molecule has 142 valence electrons. The van der Waals surface area contributed by atoms with Crippen molar-refractivity contribution in [1.29, 1.82) is 0 Å². The number of benzene rings is 1. The average Bonchev–Trinajstić information content (AvgIpc) is 3.12. The Hall–Kier alpha value is -4.08. The number of pyridine rings is 1. The van der Waals surface area contributed by atoms with Gasteiger partial charge in [-0.2, -0.15) is 5.10 Å². The molecule has 9 nitrogen and oxygen atoms in total. The number of ether oxygens (including phenoxy) is 1. The van der Waals surface area contributed by atoms with E-state index in [0.29, 0.717) is 11.4 Å². The summed E-state index contributed by atoms with van der Waals surface area (Å²) in [4.78, 5) is 26.4. The fraction of sp³-hybridized carbons (Fsp3) is 0.0556. The maximum Gasteiger partial charge on any atom is 0.355 e. The summed E-state index contributed by atoms with van der Waals surface area (Å²) in [5.74, 6) is -1.04. The topological polar surface area (TPSA) is 112 Å². The van der Waals surface area contributed by atoms with Crippen LogP contribution in [0.3, 0.4) is 0 Å². The molecule has 10 heteroatoms. The summed E-state index contributed by atoms with van der Waals surface area (Å²) in [6, 6.07) is 11.4. The van der Waals surface area contributed by atoms with E-state index in [2.05, 4.69) is 15.5 Å². The lowest BCUT2D eigenvalue weighted by molar-refractivity contribution is -0.384. The summed E-state index contributed by atoms with van der Waals surface area (Å²) >= 11 is 0. The van der Waals surface area contributed by atoms with E-state index in [1.54, 1.807) is 6.07 Å². The van der Waals surface area contributed by atoms with E-state index in [-0.39, 0.29) is 17.2 Å². The van der Waals surface area contributed by atoms with Crippen LogP contribution in [0, 0.1) is 15.9 Å². The van der Waals surface area contributed by atoms with E-state index in [0.717, 1.165) is 0 Å². The minimum atomic E-state index is -0.586. The van der Waals surface area contributed by atoms with Gasteiger partial charge in [0.05, 0.1) is 23.9 Å².